The minimum absolute atomic E-state index is 0.0573. The van der Waals surface area contributed by atoms with Gasteiger partial charge in [-0.15, -0.1) is 0 Å². The van der Waals surface area contributed by atoms with Crippen LogP contribution in [0.2, 0.25) is 0 Å². The van der Waals surface area contributed by atoms with Crippen molar-refractivity contribution in [2.24, 2.45) is 0 Å². The summed E-state index contributed by atoms with van der Waals surface area (Å²) in [5.74, 6) is 1.25. The lowest BCUT2D eigenvalue weighted by atomic mass is 10.0. The van der Waals surface area contributed by atoms with Gasteiger partial charge in [0.2, 0.25) is 5.91 Å². The maximum Gasteiger partial charge on any atom is 0.240 e. The van der Waals surface area contributed by atoms with Crippen molar-refractivity contribution in [2.45, 2.75) is 19.5 Å². The van der Waals surface area contributed by atoms with E-state index in [2.05, 4.69) is 5.32 Å². The van der Waals surface area contributed by atoms with Gasteiger partial charge in [-0.2, -0.15) is 0 Å². The Morgan fingerprint density at radius 1 is 0.879 bits per heavy atom. The Balaban J connectivity index is 1.32. The fourth-order valence-electron chi connectivity index (χ4n) is 4.03. The summed E-state index contributed by atoms with van der Waals surface area (Å²) in [5.41, 5.74) is 3.00. The Labute approximate surface area is 191 Å². The molecule has 166 valence electrons. The molecule has 1 amide bonds. The summed E-state index contributed by atoms with van der Waals surface area (Å²) >= 11 is 0. The normalized spacial score (nSPS) is 12.8. The van der Waals surface area contributed by atoms with Gasteiger partial charge >= 0.3 is 0 Å². The van der Waals surface area contributed by atoms with E-state index in [0.29, 0.717) is 36.6 Å². The Hall–Kier alpha value is -4.06. The van der Waals surface area contributed by atoms with Gasteiger partial charge in [0.15, 0.2) is 17.3 Å². The molecule has 5 rings (SSSR count). The quantitative estimate of drug-likeness (QED) is 0.453. The number of nitrogens with zero attached hydrogens (tertiary/aromatic N) is 1. The Morgan fingerprint density at radius 2 is 1.64 bits per heavy atom. The van der Waals surface area contributed by atoms with Crippen LogP contribution in [-0.2, 0) is 17.9 Å². The van der Waals surface area contributed by atoms with Crippen molar-refractivity contribution >= 4 is 22.6 Å². The van der Waals surface area contributed by atoms with Crippen LogP contribution in [0.3, 0.4) is 0 Å². The Morgan fingerprint density at radius 3 is 2.48 bits per heavy atom. The molecule has 1 aliphatic rings. The largest absolute Gasteiger partial charge is 0.490 e. The fraction of sp³-hybridized carbons (Fsp3) is 0.185. The number of ether oxygens (including phenoxy) is 2. The lowest BCUT2D eigenvalue weighted by molar-refractivity contribution is -0.121. The number of amides is 1. The van der Waals surface area contributed by atoms with E-state index >= 15 is 0 Å². The van der Waals surface area contributed by atoms with Gasteiger partial charge in [0.25, 0.3) is 0 Å². The molecule has 0 saturated carbocycles. The number of hydrogen-bond donors (Lipinski definition) is 1. The number of para-hydroxylation sites is 1. The zero-order chi connectivity index (χ0) is 22.6. The number of nitrogens with one attached hydrogen (secondary N) is 1. The Kier molecular flexibility index (Phi) is 5.81. The van der Waals surface area contributed by atoms with Gasteiger partial charge in [0.1, 0.15) is 6.54 Å². The molecule has 4 aromatic rings. The summed E-state index contributed by atoms with van der Waals surface area (Å²) in [6.45, 7) is 1.76. The first-order chi connectivity index (χ1) is 16.2. The summed E-state index contributed by atoms with van der Waals surface area (Å²) in [6.07, 6.45) is 2.62. The van der Waals surface area contributed by atoms with Crippen LogP contribution >= 0.6 is 0 Å². The SMILES string of the molecule is O=C(Cn1cc(C(=O)c2ccccc2)c2ccccc21)NCc1ccc2c(c1)OCCCO2. The lowest BCUT2D eigenvalue weighted by Crippen LogP contribution is -2.26. The van der Waals surface area contributed by atoms with Gasteiger partial charge < -0.3 is 19.4 Å². The van der Waals surface area contributed by atoms with Gasteiger partial charge in [-0.05, 0) is 23.8 Å². The molecule has 2 heterocycles. The standard InChI is InChI=1S/C27H24N2O4/c30-26(28-16-19-11-12-24-25(15-19)33-14-6-13-32-24)18-29-17-22(21-9-4-5-10-23(21)29)27(31)20-7-2-1-3-8-20/h1-5,7-12,15,17H,6,13-14,16,18H2,(H,28,30). The average molecular weight is 440 g/mol. The maximum atomic E-state index is 13.1. The zero-order valence-electron chi connectivity index (χ0n) is 18.1. The van der Waals surface area contributed by atoms with Gasteiger partial charge in [0.05, 0.1) is 13.2 Å². The first kappa shape index (κ1) is 20.8. The third kappa shape index (κ3) is 4.46. The van der Waals surface area contributed by atoms with Crippen molar-refractivity contribution in [3.8, 4) is 11.5 Å². The van der Waals surface area contributed by atoms with Crippen molar-refractivity contribution in [3.05, 3.63) is 95.7 Å². The zero-order valence-corrected chi connectivity index (χ0v) is 18.1. The van der Waals surface area contributed by atoms with Crippen LogP contribution in [-0.4, -0.2) is 29.5 Å². The van der Waals surface area contributed by atoms with Gasteiger partial charge in [-0.3, -0.25) is 9.59 Å². The molecule has 1 N–H and O–H groups in total. The van der Waals surface area contributed by atoms with Crippen LogP contribution in [0.15, 0.2) is 79.0 Å². The molecule has 1 aromatic heterocycles. The highest BCUT2D eigenvalue weighted by molar-refractivity contribution is 6.16. The minimum atomic E-state index is -0.137. The molecule has 0 radical (unpaired) electrons. The molecule has 33 heavy (non-hydrogen) atoms. The van der Waals surface area contributed by atoms with E-state index in [-0.39, 0.29) is 18.2 Å². The summed E-state index contributed by atoms with van der Waals surface area (Å²) in [5, 5.41) is 3.80. The summed E-state index contributed by atoms with van der Waals surface area (Å²) in [4.78, 5) is 25.8. The summed E-state index contributed by atoms with van der Waals surface area (Å²) in [7, 11) is 0. The molecule has 0 bridgehead atoms. The molecule has 0 atom stereocenters. The van der Waals surface area contributed by atoms with Crippen LogP contribution < -0.4 is 14.8 Å². The highest BCUT2D eigenvalue weighted by Gasteiger charge is 2.18. The van der Waals surface area contributed by atoms with Crippen LogP contribution in [0.25, 0.3) is 10.9 Å². The van der Waals surface area contributed by atoms with E-state index in [1.807, 2.05) is 65.2 Å². The van der Waals surface area contributed by atoms with E-state index in [1.54, 1.807) is 18.3 Å². The second-order valence-corrected chi connectivity index (χ2v) is 7.99. The lowest BCUT2D eigenvalue weighted by Gasteiger charge is -2.11. The maximum absolute atomic E-state index is 13.1. The molecule has 0 spiro atoms. The van der Waals surface area contributed by atoms with E-state index in [0.717, 1.165) is 28.6 Å². The number of carbonyl (C=O) groups excluding carboxylic acids is 2. The monoisotopic (exact) mass is 440 g/mol. The van der Waals surface area contributed by atoms with Crippen LogP contribution in [0.1, 0.15) is 27.9 Å². The van der Waals surface area contributed by atoms with Gasteiger partial charge in [-0.1, -0.05) is 54.6 Å². The summed E-state index contributed by atoms with van der Waals surface area (Å²) < 4.78 is 13.2. The molecule has 3 aromatic carbocycles. The molecule has 6 nitrogen and oxygen atoms in total. The molecular weight excluding hydrogens is 416 g/mol. The van der Waals surface area contributed by atoms with Gasteiger partial charge in [0, 0.05) is 41.2 Å². The van der Waals surface area contributed by atoms with E-state index < -0.39 is 0 Å². The van der Waals surface area contributed by atoms with Crippen LogP contribution in [0.5, 0.6) is 11.5 Å². The van der Waals surface area contributed by atoms with E-state index in [1.165, 1.54) is 0 Å². The van der Waals surface area contributed by atoms with Crippen LogP contribution in [0.4, 0.5) is 0 Å². The average Bonchev–Trinajstić information content (AvgIpc) is 3.04. The second kappa shape index (κ2) is 9.20. The third-order valence-electron chi connectivity index (χ3n) is 5.68. The van der Waals surface area contributed by atoms with E-state index in [4.69, 9.17) is 9.47 Å². The van der Waals surface area contributed by atoms with Crippen molar-refractivity contribution in [1.29, 1.82) is 0 Å². The molecule has 0 unspecified atom stereocenters. The first-order valence-corrected chi connectivity index (χ1v) is 11.0. The number of hydrogen-bond acceptors (Lipinski definition) is 4. The molecule has 0 aliphatic carbocycles. The van der Waals surface area contributed by atoms with Crippen molar-refractivity contribution in [2.75, 3.05) is 13.2 Å². The molecule has 0 fully saturated rings. The first-order valence-electron chi connectivity index (χ1n) is 11.0. The minimum Gasteiger partial charge on any atom is -0.490 e. The molecular formula is C27H24N2O4. The number of aromatic nitrogens is 1. The van der Waals surface area contributed by atoms with Crippen molar-refractivity contribution < 1.29 is 19.1 Å². The second-order valence-electron chi connectivity index (χ2n) is 7.99. The molecule has 1 aliphatic heterocycles. The predicted molar refractivity (Wildman–Crippen MR) is 126 cm³/mol. The smallest absolute Gasteiger partial charge is 0.240 e. The van der Waals surface area contributed by atoms with E-state index in [9.17, 15) is 9.59 Å². The van der Waals surface area contributed by atoms with Crippen LogP contribution in [0, 0.1) is 0 Å². The topological polar surface area (TPSA) is 69.6 Å². The number of benzene rings is 3. The Bertz CT molecular complexity index is 1310. The number of fused-ring (bicyclic) bond motifs is 2. The predicted octanol–water partition coefficient (Wildman–Crippen LogP) is 4.35. The number of ketones is 1. The molecule has 6 heteroatoms. The summed E-state index contributed by atoms with van der Waals surface area (Å²) in [6, 6.07) is 22.5. The van der Waals surface area contributed by atoms with Crippen molar-refractivity contribution in [3.63, 3.8) is 0 Å². The number of carbonyl (C=O) groups is 2. The van der Waals surface area contributed by atoms with Crippen molar-refractivity contribution in [1.82, 2.24) is 9.88 Å². The van der Waals surface area contributed by atoms with Gasteiger partial charge in [-0.25, -0.2) is 0 Å². The number of rotatable bonds is 6. The fourth-order valence-corrected chi connectivity index (χ4v) is 4.03. The highest BCUT2D eigenvalue weighted by Crippen LogP contribution is 2.30. The highest BCUT2D eigenvalue weighted by atomic mass is 16.5. The molecule has 0 saturated heterocycles. The third-order valence-corrected chi connectivity index (χ3v) is 5.68.